The standard InChI is InChI=1S/C19H27N3O3/c1-19(11-10-15-6-8-16(25-2)9-7-15)17(23)22(18(24)20-19)14-21-12-4-3-5-13-21/h6-9H,3-5,10-14H2,1-2H3,(H,20,24)/p+1/t19-/m0/s1. The fraction of sp³-hybridized carbons (Fsp3) is 0.579. The van der Waals surface area contributed by atoms with Gasteiger partial charge in [-0.1, -0.05) is 12.1 Å². The second-order valence-corrected chi connectivity index (χ2v) is 7.31. The molecule has 6 heteroatoms. The Labute approximate surface area is 149 Å². The predicted octanol–water partition coefficient (Wildman–Crippen LogP) is 0.965. The number of carbonyl (C=O) groups is 2. The molecule has 3 amide bonds. The Bertz CT molecular complexity index is 625. The number of rotatable bonds is 6. The molecule has 1 aromatic rings. The summed E-state index contributed by atoms with van der Waals surface area (Å²) in [6, 6.07) is 7.58. The van der Waals surface area contributed by atoms with Gasteiger partial charge < -0.3 is 15.0 Å². The molecule has 2 N–H and O–H groups in total. The smallest absolute Gasteiger partial charge is 0.329 e. The number of hydrogen-bond acceptors (Lipinski definition) is 3. The van der Waals surface area contributed by atoms with E-state index in [4.69, 9.17) is 4.74 Å². The van der Waals surface area contributed by atoms with Crippen LogP contribution in [0.2, 0.25) is 0 Å². The fourth-order valence-electron chi connectivity index (χ4n) is 3.68. The summed E-state index contributed by atoms with van der Waals surface area (Å²) in [5, 5.41) is 2.91. The van der Waals surface area contributed by atoms with Crippen molar-refractivity contribution in [3.8, 4) is 5.75 Å². The highest BCUT2D eigenvalue weighted by molar-refractivity contribution is 6.06. The van der Waals surface area contributed by atoms with Crippen molar-refractivity contribution in [2.45, 2.75) is 44.6 Å². The maximum atomic E-state index is 12.8. The van der Waals surface area contributed by atoms with E-state index in [-0.39, 0.29) is 11.9 Å². The van der Waals surface area contributed by atoms with E-state index in [0.717, 1.165) is 30.8 Å². The van der Waals surface area contributed by atoms with Crippen LogP contribution in [-0.4, -0.2) is 49.2 Å². The zero-order valence-electron chi connectivity index (χ0n) is 15.1. The number of carbonyl (C=O) groups excluding carboxylic acids is 2. The number of methoxy groups -OCH3 is 1. The van der Waals surface area contributed by atoms with Gasteiger partial charge in [-0.3, -0.25) is 4.79 Å². The van der Waals surface area contributed by atoms with Crippen LogP contribution in [0, 0.1) is 0 Å². The number of amides is 3. The first-order chi connectivity index (χ1) is 12.0. The van der Waals surface area contributed by atoms with Crippen LogP contribution in [0.25, 0.3) is 0 Å². The van der Waals surface area contributed by atoms with Crippen LogP contribution in [0.1, 0.15) is 38.2 Å². The van der Waals surface area contributed by atoms with Gasteiger partial charge in [0.2, 0.25) is 0 Å². The first-order valence-electron chi connectivity index (χ1n) is 9.12. The Morgan fingerprint density at radius 3 is 2.48 bits per heavy atom. The number of quaternary nitrogens is 1. The van der Waals surface area contributed by atoms with Crippen LogP contribution in [0.4, 0.5) is 4.79 Å². The molecule has 0 aromatic heterocycles. The summed E-state index contributed by atoms with van der Waals surface area (Å²) < 4.78 is 5.16. The van der Waals surface area contributed by atoms with Gasteiger partial charge in [0.15, 0.2) is 6.67 Å². The van der Waals surface area contributed by atoms with Gasteiger partial charge in [-0.2, -0.15) is 0 Å². The van der Waals surface area contributed by atoms with Crippen molar-refractivity contribution in [3.63, 3.8) is 0 Å². The van der Waals surface area contributed by atoms with Gasteiger partial charge in [-0.15, -0.1) is 0 Å². The summed E-state index contributed by atoms with van der Waals surface area (Å²) in [5.41, 5.74) is 0.316. The van der Waals surface area contributed by atoms with Gasteiger partial charge >= 0.3 is 6.03 Å². The molecular weight excluding hydrogens is 318 g/mol. The molecule has 25 heavy (non-hydrogen) atoms. The summed E-state index contributed by atoms with van der Waals surface area (Å²) in [4.78, 5) is 27.9. The molecule has 0 aliphatic carbocycles. The van der Waals surface area contributed by atoms with Crippen LogP contribution in [0.5, 0.6) is 5.75 Å². The van der Waals surface area contributed by atoms with E-state index in [1.165, 1.54) is 29.1 Å². The van der Waals surface area contributed by atoms with E-state index in [0.29, 0.717) is 13.1 Å². The van der Waals surface area contributed by atoms with Gasteiger partial charge in [0.05, 0.1) is 20.2 Å². The van der Waals surface area contributed by atoms with Gasteiger partial charge in [-0.05, 0) is 56.7 Å². The fourth-order valence-corrected chi connectivity index (χ4v) is 3.68. The Kier molecular flexibility index (Phi) is 5.27. The first-order valence-corrected chi connectivity index (χ1v) is 9.12. The molecule has 2 saturated heterocycles. The summed E-state index contributed by atoms with van der Waals surface area (Å²) in [6.07, 6.45) is 4.93. The van der Waals surface area contributed by atoms with Crippen LogP contribution in [-0.2, 0) is 11.2 Å². The van der Waals surface area contributed by atoms with E-state index < -0.39 is 5.54 Å². The molecule has 0 radical (unpaired) electrons. The van der Waals surface area contributed by atoms with Gasteiger partial charge in [-0.25, -0.2) is 9.69 Å². The van der Waals surface area contributed by atoms with Gasteiger partial charge in [0.25, 0.3) is 5.91 Å². The molecule has 6 nitrogen and oxygen atoms in total. The first kappa shape index (κ1) is 17.7. The third-order valence-electron chi connectivity index (χ3n) is 5.36. The van der Waals surface area contributed by atoms with Gasteiger partial charge in [0.1, 0.15) is 11.3 Å². The Balaban J connectivity index is 1.60. The molecule has 0 saturated carbocycles. The van der Waals surface area contributed by atoms with E-state index >= 15 is 0 Å². The molecule has 136 valence electrons. The average molecular weight is 346 g/mol. The Morgan fingerprint density at radius 2 is 1.84 bits per heavy atom. The van der Waals surface area contributed by atoms with Crippen molar-refractivity contribution in [2.24, 2.45) is 0 Å². The Hall–Kier alpha value is -2.08. The largest absolute Gasteiger partial charge is 0.497 e. The molecule has 0 bridgehead atoms. The third-order valence-corrected chi connectivity index (χ3v) is 5.36. The van der Waals surface area contributed by atoms with E-state index in [1.54, 1.807) is 7.11 Å². The lowest BCUT2D eigenvalue weighted by atomic mass is 9.93. The van der Waals surface area contributed by atoms with Crippen molar-refractivity contribution in [1.29, 1.82) is 0 Å². The lowest BCUT2D eigenvalue weighted by molar-refractivity contribution is -0.912. The van der Waals surface area contributed by atoms with Crippen molar-refractivity contribution in [2.75, 3.05) is 26.9 Å². The minimum absolute atomic E-state index is 0.0934. The molecule has 0 spiro atoms. The monoisotopic (exact) mass is 346 g/mol. The van der Waals surface area contributed by atoms with E-state index in [1.807, 2.05) is 31.2 Å². The third kappa shape index (κ3) is 3.95. The number of likely N-dealkylation sites (tertiary alicyclic amines) is 1. The van der Waals surface area contributed by atoms with E-state index in [2.05, 4.69) is 5.32 Å². The second-order valence-electron chi connectivity index (χ2n) is 7.31. The summed E-state index contributed by atoms with van der Waals surface area (Å²) in [6.45, 7) is 4.41. The van der Waals surface area contributed by atoms with Crippen molar-refractivity contribution < 1.29 is 19.2 Å². The number of ether oxygens (including phenoxy) is 1. The molecule has 0 unspecified atom stereocenters. The zero-order valence-corrected chi connectivity index (χ0v) is 15.1. The molecule has 2 heterocycles. The van der Waals surface area contributed by atoms with Crippen LogP contribution < -0.4 is 15.0 Å². The molecular formula is C19H28N3O3+. The number of benzene rings is 1. The highest BCUT2D eigenvalue weighted by atomic mass is 16.5. The molecule has 3 rings (SSSR count). The predicted molar refractivity (Wildman–Crippen MR) is 94.5 cm³/mol. The minimum atomic E-state index is -0.813. The quantitative estimate of drug-likeness (QED) is 0.755. The number of imide groups is 1. The highest BCUT2D eigenvalue weighted by Crippen LogP contribution is 2.23. The normalized spacial score (nSPS) is 24.5. The number of nitrogens with zero attached hydrogens (tertiary/aromatic N) is 1. The molecule has 2 aliphatic rings. The molecule has 1 atom stereocenters. The lowest BCUT2D eigenvalue weighted by Gasteiger charge is -2.27. The second kappa shape index (κ2) is 7.44. The Morgan fingerprint density at radius 1 is 1.16 bits per heavy atom. The maximum Gasteiger partial charge on any atom is 0.329 e. The van der Waals surface area contributed by atoms with Crippen LogP contribution >= 0.6 is 0 Å². The van der Waals surface area contributed by atoms with Crippen molar-refractivity contribution in [3.05, 3.63) is 29.8 Å². The molecule has 1 aromatic carbocycles. The SMILES string of the molecule is COc1ccc(CC[C@]2(C)NC(=O)N(C[NH+]3CCCCC3)C2=O)cc1. The maximum absolute atomic E-state index is 12.8. The number of urea groups is 1. The number of piperidine rings is 1. The molecule has 2 fully saturated rings. The van der Waals surface area contributed by atoms with E-state index in [9.17, 15) is 9.59 Å². The number of hydrogen-bond donors (Lipinski definition) is 2. The highest BCUT2D eigenvalue weighted by Gasteiger charge is 2.48. The molecule has 2 aliphatic heterocycles. The van der Waals surface area contributed by atoms with Crippen LogP contribution in [0.3, 0.4) is 0 Å². The number of nitrogens with one attached hydrogen (secondary N) is 2. The topological polar surface area (TPSA) is 63.1 Å². The van der Waals surface area contributed by atoms with Crippen molar-refractivity contribution in [1.82, 2.24) is 10.2 Å². The summed E-state index contributed by atoms with van der Waals surface area (Å²) >= 11 is 0. The lowest BCUT2D eigenvalue weighted by Crippen LogP contribution is -3.14. The average Bonchev–Trinajstić information content (AvgIpc) is 2.85. The minimum Gasteiger partial charge on any atom is -0.497 e. The van der Waals surface area contributed by atoms with Crippen molar-refractivity contribution >= 4 is 11.9 Å². The van der Waals surface area contributed by atoms with Crippen LogP contribution in [0.15, 0.2) is 24.3 Å². The van der Waals surface area contributed by atoms with Gasteiger partial charge in [0, 0.05) is 0 Å². The summed E-state index contributed by atoms with van der Waals surface area (Å²) in [7, 11) is 1.64. The summed E-state index contributed by atoms with van der Waals surface area (Å²) in [5.74, 6) is 0.722. The zero-order chi connectivity index (χ0) is 17.9. The number of aryl methyl sites for hydroxylation is 1.